The van der Waals surface area contributed by atoms with Crippen molar-refractivity contribution in [3.8, 4) is 0 Å². The summed E-state index contributed by atoms with van der Waals surface area (Å²) in [6, 6.07) is 10.1. The van der Waals surface area contributed by atoms with E-state index in [-0.39, 0.29) is 0 Å². The highest BCUT2D eigenvalue weighted by atomic mass is 15.2. The summed E-state index contributed by atoms with van der Waals surface area (Å²) in [5, 5.41) is 8.32. The van der Waals surface area contributed by atoms with Crippen molar-refractivity contribution in [3.63, 3.8) is 0 Å². The van der Waals surface area contributed by atoms with Gasteiger partial charge in [-0.05, 0) is 31.1 Å². The van der Waals surface area contributed by atoms with Crippen molar-refractivity contribution in [1.82, 2.24) is 4.90 Å². The molecular weight excluding hydrogens is 220 g/mol. The van der Waals surface area contributed by atoms with Crippen LogP contribution in [0.1, 0.15) is 38.7 Å². The van der Waals surface area contributed by atoms with E-state index in [0.29, 0.717) is 5.84 Å². The van der Waals surface area contributed by atoms with Gasteiger partial charge < -0.3 is 4.90 Å². The first-order valence-electron chi connectivity index (χ1n) is 7.07. The van der Waals surface area contributed by atoms with E-state index in [4.69, 9.17) is 5.41 Å². The predicted octanol–water partition coefficient (Wildman–Crippen LogP) is 3.77. The maximum atomic E-state index is 8.32. The topological polar surface area (TPSA) is 27.1 Å². The molecule has 1 atom stereocenters. The lowest BCUT2D eigenvalue weighted by Gasteiger charge is -2.24. The van der Waals surface area contributed by atoms with Crippen LogP contribution in [0.5, 0.6) is 0 Å². The molecule has 0 radical (unpaired) electrons. The average Bonchev–Trinajstić information content (AvgIpc) is 2.64. The summed E-state index contributed by atoms with van der Waals surface area (Å²) in [7, 11) is 0. The summed E-state index contributed by atoms with van der Waals surface area (Å²) in [4.78, 5) is 2.25. The lowest BCUT2D eigenvalue weighted by molar-refractivity contribution is 0.340. The fraction of sp³-hybridized carbons (Fsp3) is 0.562. The Labute approximate surface area is 111 Å². The molecule has 0 saturated carbocycles. The zero-order valence-electron chi connectivity index (χ0n) is 11.5. The number of rotatable bonds is 2. The number of hydrogen-bond acceptors (Lipinski definition) is 1. The summed E-state index contributed by atoms with van der Waals surface area (Å²) < 4.78 is 0. The van der Waals surface area contributed by atoms with Gasteiger partial charge in [0.25, 0.3) is 0 Å². The van der Waals surface area contributed by atoms with E-state index >= 15 is 0 Å². The molecule has 1 N–H and O–H groups in total. The van der Waals surface area contributed by atoms with Crippen LogP contribution in [-0.4, -0.2) is 23.8 Å². The number of nitrogens with one attached hydrogen (secondary N) is 1. The van der Waals surface area contributed by atoms with Gasteiger partial charge >= 0.3 is 0 Å². The van der Waals surface area contributed by atoms with E-state index in [9.17, 15) is 0 Å². The lowest BCUT2D eigenvalue weighted by atomic mass is 9.89. The molecule has 1 fully saturated rings. The minimum Gasteiger partial charge on any atom is -0.357 e. The highest BCUT2D eigenvalue weighted by molar-refractivity contribution is 5.96. The first kappa shape index (κ1) is 13.1. The van der Waals surface area contributed by atoms with E-state index in [0.717, 1.165) is 30.5 Å². The molecule has 1 saturated heterocycles. The summed E-state index contributed by atoms with van der Waals surface area (Å²) in [6.45, 7) is 6.72. The third-order valence-electron chi connectivity index (χ3n) is 4.08. The molecule has 1 aliphatic heterocycles. The molecule has 18 heavy (non-hydrogen) atoms. The van der Waals surface area contributed by atoms with E-state index in [1.54, 1.807) is 0 Å². The van der Waals surface area contributed by atoms with Gasteiger partial charge in [0, 0.05) is 18.7 Å². The van der Waals surface area contributed by atoms with Gasteiger partial charge in [-0.2, -0.15) is 0 Å². The SMILES string of the molecule is CC(C)C1CCCN(C(=N)c2ccccc2)CC1. The standard InChI is InChI=1S/C16H24N2/c1-13(2)14-9-6-11-18(12-10-14)16(17)15-7-4-3-5-8-15/h3-5,7-8,13-14,17H,6,9-12H2,1-2H3. The molecule has 1 aliphatic rings. The van der Waals surface area contributed by atoms with Gasteiger partial charge in [0.1, 0.15) is 5.84 Å². The normalized spacial score (nSPS) is 20.8. The van der Waals surface area contributed by atoms with E-state index in [1.807, 2.05) is 30.3 Å². The van der Waals surface area contributed by atoms with Gasteiger partial charge in [-0.1, -0.05) is 44.2 Å². The van der Waals surface area contributed by atoms with Gasteiger partial charge in [-0.15, -0.1) is 0 Å². The quantitative estimate of drug-likeness (QED) is 0.622. The molecule has 0 spiro atoms. The van der Waals surface area contributed by atoms with Gasteiger partial charge in [0.05, 0.1) is 0 Å². The maximum absolute atomic E-state index is 8.32. The molecule has 0 aromatic heterocycles. The summed E-state index contributed by atoms with van der Waals surface area (Å²) in [5.41, 5.74) is 1.04. The second kappa shape index (κ2) is 6.03. The molecule has 2 rings (SSSR count). The Morgan fingerprint density at radius 1 is 1.17 bits per heavy atom. The average molecular weight is 244 g/mol. The van der Waals surface area contributed by atoms with Crippen LogP contribution < -0.4 is 0 Å². The number of likely N-dealkylation sites (tertiary alicyclic amines) is 1. The second-order valence-electron chi connectivity index (χ2n) is 5.64. The fourth-order valence-corrected chi connectivity index (χ4v) is 2.79. The van der Waals surface area contributed by atoms with E-state index < -0.39 is 0 Å². The van der Waals surface area contributed by atoms with Crippen LogP contribution in [0.3, 0.4) is 0 Å². The zero-order valence-corrected chi connectivity index (χ0v) is 11.5. The van der Waals surface area contributed by atoms with E-state index in [1.165, 1.54) is 19.3 Å². The molecular formula is C16H24N2. The molecule has 0 aliphatic carbocycles. The molecule has 98 valence electrons. The number of amidine groups is 1. The van der Waals surface area contributed by atoms with Crippen LogP contribution in [0, 0.1) is 17.2 Å². The molecule has 2 heteroatoms. The van der Waals surface area contributed by atoms with Crippen molar-refractivity contribution in [2.75, 3.05) is 13.1 Å². The first-order valence-corrected chi connectivity index (χ1v) is 7.07. The van der Waals surface area contributed by atoms with Crippen molar-refractivity contribution >= 4 is 5.84 Å². The Kier molecular flexibility index (Phi) is 4.40. The van der Waals surface area contributed by atoms with Gasteiger partial charge in [-0.25, -0.2) is 0 Å². The Morgan fingerprint density at radius 2 is 1.89 bits per heavy atom. The fourth-order valence-electron chi connectivity index (χ4n) is 2.79. The Morgan fingerprint density at radius 3 is 2.56 bits per heavy atom. The van der Waals surface area contributed by atoms with Crippen molar-refractivity contribution in [2.45, 2.75) is 33.1 Å². The Bertz CT molecular complexity index is 383. The minimum atomic E-state index is 0.694. The Balaban J connectivity index is 2.00. The molecule has 1 aromatic rings. The van der Waals surface area contributed by atoms with Crippen LogP contribution in [-0.2, 0) is 0 Å². The van der Waals surface area contributed by atoms with Crippen molar-refractivity contribution in [1.29, 1.82) is 5.41 Å². The summed E-state index contributed by atoms with van der Waals surface area (Å²) >= 11 is 0. The van der Waals surface area contributed by atoms with Gasteiger partial charge in [0.2, 0.25) is 0 Å². The molecule has 0 amide bonds. The minimum absolute atomic E-state index is 0.694. The third kappa shape index (κ3) is 3.12. The van der Waals surface area contributed by atoms with Crippen LogP contribution in [0.25, 0.3) is 0 Å². The second-order valence-corrected chi connectivity index (χ2v) is 5.64. The lowest BCUT2D eigenvalue weighted by Crippen LogP contribution is -2.32. The smallest absolute Gasteiger partial charge is 0.128 e. The molecule has 1 heterocycles. The highest BCUT2D eigenvalue weighted by Gasteiger charge is 2.21. The maximum Gasteiger partial charge on any atom is 0.128 e. The van der Waals surface area contributed by atoms with Crippen LogP contribution in [0.2, 0.25) is 0 Å². The predicted molar refractivity (Wildman–Crippen MR) is 77.0 cm³/mol. The van der Waals surface area contributed by atoms with Crippen molar-refractivity contribution in [2.24, 2.45) is 11.8 Å². The highest BCUT2D eigenvalue weighted by Crippen LogP contribution is 2.25. The molecule has 2 nitrogen and oxygen atoms in total. The summed E-state index contributed by atoms with van der Waals surface area (Å²) in [5.74, 6) is 2.30. The van der Waals surface area contributed by atoms with Crippen LogP contribution in [0.15, 0.2) is 30.3 Å². The third-order valence-corrected chi connectivity index (χ3v) is 4.08. The van der Waals surface area contributed by atoms with Crippen LogP contribution >= 0.6 is 0 Å². The van der Waals surface area contributed by atoms with Crippen molar-refractivity contribution in [3.05, 3.63) is 35.9 Å². The zero-order chi connectivity index (χ0) is 13.0. The molecule has 0 bridgehead atoms. The van der Waals surface area contributed by atoms with Crippen LogP contribution in [0.4, 0.5) is 0 Å². The summed E-state index contributed by atoms with van der Waals surface area (Å²) in [6.07, 6.45) is 3.77. The van der Waals surface area contributed by atoms with Crippen molar-refractivity contribution < 1.29 is 0 Å². The molecule has 1 aromatic carbocycles. The van der Waals surface area contributed by atoms with Gasteiger partial charge in [0.15, 0.2) is 0 Å². The number of hydrogen-bond donors (Lipinski definition) is 1. The number of nitrogens with zero attached hydrogens (tertiary/aromatic N) is 1. The largest absolute Gasteiger partial charge is 0.357 e. The van der Waals surface area contributed by atoms with Gasteiger partial charge in [-0.3, -0.25) is 5.41 Å². The first-order chi connectivity index (χ1) is 8.68. The molecule has 1 unspecified atom stereocenters. The number of benzene rings is 1. The monoisotopic (exact) mass is 244 g/mol. The Hall–Kier alpha value is -1.31. The van der Waals surface area contributed by atoms with E-state index in [2.05, 4.69) is 18.7 Å².